The van der Waals surface area contributed by atoms with Gasteiger partial charge in [0.05, 0.1) is 12.3 Å². The van der Waals surface area contributed by atoms with Crippen LogP contribution in [0.3, 0.4) is 0 Å². The summed E-state index contributed by atoms with van der Waals surface area (Å²) in [6, 6.07) is 12.7. The number of carbonyl (C=O) groups is 1. The quantitative estimate of drug-likeness (QED) is 0.669. The first-order valence-electron chi connectivity index (χ1n) is 10.5. The molecule has 152 valence electrons. The predicted octanol–water partition coefficient (Wildman–Crippen LogP) is 4.31. The third-order valence-corrected chi connectivity index (χ3v) is 6.31. The Morgan fingerprint density at radius 1 is 1.32 bits per heavy atom. The molecule has 3 N–H and O–H groups in total. The molecule has 1 aliphatic carbocycles. The Kier molecular flexibility index (Phi) is 6.41. The lowest BCUT2D eigenvalue weighted by atomic mass is 9.97. The minimum atomic E-state index is -0.469. The van der Waals surface area contributed by atoms with Gasteiger partial charge in [-0.25, -0.2) is 0 Å². The van der Waals surface area contributed by atoms with Crippen molar-refractivity contribution < 1.29 is 9.90 Å². The summed E-state index contributed by atoms with van der Waals surface area (Å²) in [5.74, 6) is 1.05. The average molecular weight is 383 g/mol. The van der Waals surface area contributed by atoms with Gasteiger partial charge in [0, 0.05) is 30.6 Å². The zero-order chi connectivity index (χ0) is 20.3. The third-order valence-electron chi connectivity index (χ3n) is 6.31. The average Bonchev–Trinajstić information content (AvgIpc) is 3.25. The summed E-state index contributed by atoms with van der Waals surface area (Å²) in [4.78, 5) is 12.8. The largest absolute Gasteiger partial charge is 0.394 e. The van der Waals surface area contributed by atoms with Crippen LogP contribution in [0.2, 0.25) is 0 Å². The van der Waals surface area contributed by atoms with Crippen molar-refractivity contribution in [2.45, 2.75) is 69.7 Å². The van der Waals surface area contributed by atoms with Crippen molar-refractivity contribution in [1.82, 2.24) is 4.57 Å². The molecular weight excluding hydrogens is 348 g/mol. The van der Waals surface area contributed by atoms with Crippen LogP contribution in [0.15, 0.2) is 36.4 Å². The SMILES string of the molecule is CC(C)c1cccc(CCCC(=O)c2ccc([C@H]3CC[C@](N)(CO)C3)n2C)c1. The Labute approximate surface area is 168 Å². The second-order valence-electron chi connectivity index (χ2n) is 8.84. The molecule has 1 aromatic carbocycles. The third kappa shape index (κ3) is 4.56. The smallest absolute Gasteiger partial charge is 0.179 e. The fourth-order valence-corrected chi connectivity index (χ4v) is 4.46. The molecule has 0 spiro atoms. The van der Waals surface area contributed by atoms with E-state index in [0.717, 1.165) is 43.5 Å². The topological polar surface area (TPSA) is 68.2 Å². The second-order valence-corrected chi connectivity index (χ2v) is 8.84. The standard InChI is InChI=1S/C24H34N2O2/c1-17(2)19-8-4-6-18(14-19)7-5-9-23(28)22-11-10-21(26(22)3)20-12-13-24(25,15-20)16-27/h4,6,8,10-11,14,17,20,27H,5,7,9,12-13,15-16,25H2,1-3H3/t20-,24+/m0/s1. The molecule has 2 aromatic rings. The number of hydrogen-bond donors (Lipinski definition) is 2. The molecule has 0 radical (unpaired) electrons. The number of aromatic nitrogens is 1. The molecule has 1 aromatic heterocycles. The normalized spacial score (nSPS) is 22.1. The van der Waals surface area contributed by atoms with Gasteiger partial charge in [-0.15, -0.1) is 0 Å². The van der Waals surface area contributed by atoms with Gasteiger partial charge in [-0.05, 0) is 61.3 Å². The number of nitrogens with zero attached hydrogens (tertiary/aromatic N) is 1. The van der Waals surface area contributed by atoms with E-state index in [9.17, 15) is 9.90 Å². The molecule has 0 saturated heterocycles. The number of ketones is 1. The van der Waals surface area contributed by atoms with Crippen LogP contribution in [0.4, 0.5) is 0 Å². The molecule has 28 heavy (non-hydrogen) atoms. The number of aryl methyl sites for hydroxylation is 1. The lowest BCUT2D eigenvalue weighted by Crippen LogP contribution is -2.40. The molecule has 1 saturated carbocycles. The van der Waals surface area contributed by atoms with Crippen LogP contribution < -0.4 is 5.73 Å². The summed E-state index contributed by atoms with van der Waals surface area (Å²) < 4.78 is 2.04. The van der Waals surface area contributed by atoms with Gasteiger partial charge in [-0.2, -0.15) is 0 Å². The van der Waals surface area contributed by atoms with Gasteiger partial charge >= 0.3 is 0 Å². The van der Waals surface area contributed by atoms with Crippen molar-refractivity contribution >= 4 is 5.78 Å². The van der Waals surface area contributed by atoms with Crippen molar-refractivity contribution in [1.29, 1.82) is 0 Å². The molecule has 1 aliphatic rings. The van der Waals surface area contributed by atoms with E-state index in [1.165, 1.54) is 11.1 Å². The first-order chi connectivity index (χ1) is 13.3. The number of nitrogens with two attached hydrogens (primary N) is 1. The highest BCUT2D eigenvalue weighted by Gasteiger charge is 2.37. The summed E-state index contributed by atoms with van der Waals surface area (Å²) >= 11 is 0. The molecule has 3 rings (SSSR count). The molecule has 2 atom stereocenters. The zero-order valence-corrected chi connectivity index (χ0v) is 17.4. The van der Waals surface area contributed by atoms with Gasteiger partial charge in [0.25, 0.3) is 0 Å². The predicted molar refractivity (Wildman–Crippen MR) is 114 cm³/mol. The highest BCUT2D eigenvalue weighted by Crippen LogP contribution is 2.39. The van der Waals surface area contributed by atoms with Crippen molar-refractivity contribution in [2.24, 2.45) is 12.8 Å². The summed E-state index contributed by atoms with van der Waals surface area (Å²) in [6.45, 7) is 4.43. The Morgan fingerprint density at radius 2 is 2.11 bits per heavy atom. The Morgan fingerprint density at radius 3 is 2.79 bits per heavy atom. The van der Waals surface area contributed by atoms with Crippen LogP contribution in [-0.2, 0) is 13.5 Å². The molecular formula is C24H34N2O2. The summed E-state index contributed by atoms with van der Waals surface area (Å²) in [5.41, 5.74) is 10.4. The van der Waals surface area contributed by atoms with E-state index in [1.54, 1.807) is 0 Å². The first kappa shape index (κ1) is 20.8. The second kappa shape index (κ2) is 8.62. The van der Waals surface area contributed by atoms with E-state index < -0.39 is 5.54 Å². The number of Topliss-reactive ketones (excluding diaryl/α,β-unsaturated/α-hetero) is 1. The zero-order valence-electron chi connectivity index (χ0n) is 17.4. The maximum absolute atomic E-state index is 12.8. The first-order valence-corrected chi connectivity index (χ1v) is 10.5. The van der Waals surface area contributed by atoms with Crippen LogP contribution in [0, 0.1) is 0 Å². The van der Waals surface area contributed by atoms with Crippen molar-refractivity contribution in [3.8, 4) is 0 Å². The van der Waals surface area contributed by atoms with E-state index in [4.69, 9.17) is 5.73 Å². The maximum atomic E-state index is 12.8. The van der Waals surface area contributed by atoms with Gasteiger partial charge in [0.2, 0.25) is 0 Å². The van der Waals surface area contributed by atoms with Crippen LogP contribution in [0.1, 0.15) is 85.1 Å². The van der Waals surface area contributed by atoms with Crippen molar-refractivity contribution in [3.63, 3.8) is 0 Å². The van der Waals surface area contributed by atoms with E-state index in [1.807, 2.05) is 17.7 Å². The summed E-state index contributed by atoms with van der Waals surface area (Å²) in [5, 5.41) is 9.51. The summed E-state index contributed by atoms with van der Waals surface area (Å²) in [7, 11) is 1.98. The number of aliphatic hydroxyl groups excluding tert-OH is 1. The van der Waals surface area contributed by atoms with Crippen LogP contribution >= 0.6 is 0 Å². The van der Waals surface area contributed by atoms with Gasteiger partial charge in [0.15, 0.2) is 5.78 Å². The molecule has 0 amide bonds. The minimum Gasteiger partial charge on any atom is -0.394 e. The number of rotatable bonds is 8. The Bertz CT molecular complexity index is 824. The molecule has 0 unspecified atom stereocenters. The maximum Gasteiger partial charge on any atom is 0.179 e. The molecule has 1 fully saturated rings. The van der Waals surface area contributed by atoms with Crippen LogP contribution in [-0.4, -0.2) is 27.6 Å². The van der Waals surface area contributed by atoms with Gasteiger partial charge < -0.3 is 15.4 Å². The van der Waals surface area contributed by atoms with E-state index >= 15 is 0 Å². The molecule has 1 heterocycles. The highest BCUT2D eigenvalue weighted by atomic mass is 16.3. The lowest BCUT2D eigenvalue weighted by molar-refractivity contribution is 0.0972. The molecule has 0 bridgehead atoms. The number of carbonyl (C=O) groups excluding carboxylic acids is 1. The number of aliphatic hydroxyl groups is 1. The Hall–Kier alpha value is -1.91. The molecule has 4 heteroatoms. The highest BCUT2D eigenvalue weighted by molar-refractivity contribution is 5.94. The van der Waals surface area contributed by atoms with Gasteiger partial charge in [0.1, 0.15) is 0 Å². The van der Waals surface area contributed by atoms with Crippen LogP contribution in [0.5, 0.6) is 0 Å². The van der Waals surface area contributed by atoms with Crippen molar-refractivity contribution in [2.75, 3.05) is 6.61 Å². The van der Waals surface area contributed by atoms with E-state index in [-0.39, 0.29) is 12.4 Å². The Balaban J connectivity index is 1.58. The molecule has 4 nitrogen and oxygen atoms in total. The van der Waals surface area contributed by atoms with Gasteiger partial charge in [-0.3, -0.25) is 4.79 Å². The summed E-state index contributed by atoms with van der Waals surface area (Å²) in [6.07, 6.45) is 4.93. The van der Waals surface area contributed by atoms with Crippen LogP contribution in [0.25, 0.3) is 0 Å². The minimum absolute atomic E-state index is 0.0255. The number of hydrogen-bond acceptors (Lipinski definition) is 3. The fourth-order valence-electron chi connectivity index (χ4n) is 4.46. The van der Waals surface area contributed by atoms with Crippen molar-refractivity contribution in [3.05, 3.63) is 58.9 Å². The monoisotopic (exact) mass is 382 g/mol. The lowest BCUT2D eigenvalue weighted by Gasteiger charge is -2.21. The molecule has 0 aliphatic heterocycles. The van der Waals surface area contributed by atoms with E-state index in [0.29, 0.717) is 18.3 Å². The number of benzene rings is 1. The fraction of sp³-hybridized carbons (Fsp3) is 0.542. The van der Waals surface area contributed by atoms with E-state index in [2.05, 4.69) is 44.2 Å². The van der Waals surface area contributed by atoms with Gasteiger partial charge in [-0.1, -0.05) is 38.1 Å².